The van der Waals surface area contributed by atoms with Gasteiger partial charge in [-0.15, -0.1) is 6.42 Å². The van der Waals surface area contributed by atoms with Gasteiger partial charge in [0.25, 0.3) is 5.56 Å². The maximum absolute atomic E-state index is 16.4. The number of hydrogen-bond acceptors (Lipinski definition) is 4. The van der Waals surface area contributed by atoms with Crippen LogP contribution in [0.3, 0.4) is 0 Å². The van der Waals surface area contributed by atoms with Gasteiger partial charge in [0.15, 0.2) is 0 Å². The molecule has 1 aliphatic rings. The Morgan fingerprint density at radius 3 is 2.21 bits per heavy atom. The summed E-state index contributed by atoms with van der Waals surface area (Å²) >= 11 is 0. The van der Waals surface area contributed by atoms with Crippen LogP contribution in [0, 0.1) is 55.5 Å². The highest BCUT2D eigenvalue weighted by atomic mass is 19.4. The molecule has 13 heteroatoms. The fourth-order valence-electron chi connectivity index (χ4n) is 6.02. The summed E-state index contributed by atoms with van der Waals surface area (Å²) < 4.78 is 94.0. The summed E-state index contributed by atoms with van der Waals surface area (Å²) in [6.07, 6.45) is 0.393. The normalized spacial score (nSPS) is 14.7. The van der Waals surface area contributed by atoms with Gasteiger partial charge in [-0.25, -0.2) is 13.2 Å². The first-order valence-corrected chi connectivity index (χ1v) is 15.1. The number of ether oxygens (including phenoxy) is 1. The van der Waals surface area contributed by atoms with E-state index in [0.29, 0.717) is 6.07 Å². The molecule has 1 fully saturated rings. The molecule has 1 aromatic heterocycles. The second-order valence-corrected chi connectivity index (χ2v) is 12.4. The lowest BCUT2D eigenvalue weighted by molar-refractivity contribution is -0.139. The van der Waals surface area contributed by atoms with E-state index in [0.717, 1.165) is 29.0 Å². The molecule has 1 aliphatic heterocycles. The Morgan fingerprint density at radius 1 is 1.08 bits per heavy atom. The van der Waals surface area contributed by atoms with Crippen molar-refractivity contribution in [3.63, 3.8) is 0 Å². The van der Waals surface area contributed by atoms with E-state index in [-0.39, 0.29) is 65.7 Å². The lowest BCUT2D eigenvalue weighted by atomic mass is 9.89. The Hall–Kier alpha value is -4.57. The van der Waals surface area contributed by atoms with Gasteiger partial charge in [0, 0.05) is 29.3 Å². The third kappa shape index (κ3) is 7.76. The molecule has 0 spiro atoms. The summed E-state index contributed by atoms with van der Waals surface area (Å²) in [7, 11) is 0. The number of amides is 1. The first-order valence-electron chi connectivity index (χ1n) is 15.1. The second-order valence-electron chi connectivity index (χ2n) is 12.4. The van der Waals surface area contributed by atoms with E-state index in [4.69, 9.17) is 11.2 Å². The van der Waals surface area contributed by atoms with Crippen LogP contribution in [0.2, 0.25) is 0 Å². The molecule has 48 heavy (non-hydrogen) atoms. The fraction of sp³-hybridized carbons (Fsp3) is 0.400. The lowest BCUT2D eigenvalue weighted by Crippen LogP contribution is -2.41. The predicted molar refractivity (Wildman–Crippen MR) is 165 cm³/mol. The number of alkyl halides is 3. The number of benzene rings is 2. The summed E-state index contributed by atoms with van der Waals surface area (Å²) in [5.74, 6) is -4.27. The first-order chi connectivity index (χ1) is 22.4. The van der Waals surface area contributed by atoms with E-state index >= 15 is 8.78 Å². The minimum absolute atomic E-state index is 0.0902. The smallest absolute Gasteiger partial charge is 0.416 e. The molecule has 7 nitrogen and oxygen atoms in total. The molecule has 0 unspecified atom stereocenters. The van der Waals surface area contributed by atoms with Crippen molar-refractivity contribution in [2.24, 2.45) is 11.8 Å². The van der Waals surface area contributed by atoms with Gasteiger partial charge in [-0.2, -0.15) is 13.2 Å². The highest BCUT2D eigenvalue weighted by molar-refractivity contribution is 5.82. The molecule has 0 radical (unpaired) electrons. The average molecular weight is 677 g/mol. The molecule has 0 bridgehead atoms. The molecule has 0 aliphatic carbocycles. The molecule has 2 aromatic carbocycles. The van der Waals surface area contributed by atoms with Crippen LogP contribution in [-0.2, 0) is 26.9 Å². The zero-order valence-corrected chi connectivity index (χ0v) is 26.6. The topological polar surface area (TPSA) is 97.6 Å². The second kappa shape index (κ2) is 14.3. The van der Waals surface area contributed by atoms with Gasteiger partial charge in [-0.05, 0) is 73.1 Å². The number of halogens is 6. The number of carbonyl (C=O) groups excluding carboxylic acids is 1. The number of terminal acetylenes is 1. The number of nitrogens with zero attached hydrogens (tertiary/aromatic N) is 1. The molecule has 4 rings (SSSR count). The standard InChI is InChI=1S/C35H34F6N2O5/c1-6-21-11-24(30-18(4)8-23(36)9-19(30)5)33(38)31(32(21)37)26(13-29(45)46)42-34(47)27(7-17(2)3)43-14-22(10-20-15-48-16-20)25(12-28(43)44)35(39,40)41/h1,8-9,11-12,14,17,20,26-27H,7,10,13,15-16H2,2-5H3,(H,42,47)(H,45,46)/t26-,27+/m0/s1. The van der Waals surface area contributed by atoms with Crippen molar-refractivity contribution in [3.05, 3.63) is 91.6 Å². The van der Waals surface area contributed by atoms with Crippen LogP contribution in [0.25, 0.3) is 11.1 Å². The Bertz CT molecular complexity index is 1820. The molecule has 1 saturated heterocycles. The number of aliphatic carboxylic acids is 1. The van der Waals surface area contributed by atoms with Gasteiger partial charge >= 0.3 is 12.1 Å². The van der Waals surface area contributed by atoms with E-state index in [1.54, 1.807) is 13.8 Å². The number of carbonyl (C=O) groups is 2. The third-order valence-corrected chi connectivity index (χ3v) is 8.22. The van der Waals surface area contributed by atoms with E-state index in [1.807, 2.05) is 0 Å². The van der Waals surface area contributed by atoms with Gasteiger partial charge in [0.1, 0.15) is 23.5 Å². The summed E-state index contributed by atoms with van der Waals surface area (Å²) in [6.45, 7) is 6.79. The zero-order chi connectivity index (χ0) is 35.7. The monoisotopic (exact) mass is 676 g/mol. The molecule has 2 atom stereocenters. The van der Waals surface area contributed by atoms with Gasteiger partial charge in [-0.1, -0.05) is 19.8 Å². The van der Waals surface area contributed by atoms with Gasteiger partial charge in [0.2, 0.25) is 5.91 Å². The van der Waals surface area contributed by atoms with Gasteiger partial charge < -0.3 is 19.7 Å². The van der Waals surface area contributed by atoms with Crippen molar-refractivity contribution >= 4 is 11.9 Å². The van der Waals surface area contributed by atoms with Crippen molar-refractivity contribution in [1.82, 2.24) is 9.88 Å². The summed E-state index contributed by atoms with van der Waals surface area (Å²) in [5, 5.41) is 12.1. The molecule has 0 saturated carbocycles. The Morgan fingerprint density at radius 2 is 1.71 bits per heavy atom. The minimum atomic E-state index is -4.86. The van der Waals surface area contributed by atoms with Gasteiger partial charge in [-0.3, -0.25) is 14.4 Å². The number of hydrogen-bond donors (Lipinski definition) is 2. The van der Waals surface area contributed by atoms with Crippen LogP contribution in [0.1, 0.15) is 72.2 Å². The molecular weight excluding hydrogens is 642 g/mol. The summed E-state index contributed by atoms with van der Waals surface area (Å²) in [5.41, 5.74) is -3.44. The summed E-state index contributed by atoms with van der Waals surface area (Å²) in [6, 6.07) is 0.312. The van der Waals surface area contributed by atoms with Crippen LogP contribution in [-0.4, -0.2) is 34.8 Å². The van der Waals surface area contributed by atoms with Crippen LogP contribution in [0.5, 0.6) is 0 Å². The molecule has 1 amide bonds. The number of carboxylic acid groups (broad SMARTS) is 1. The van der Waals surface area contributed by atoms with Crippen molar-refractivity contribution in [2.45, 2.75) is 65.2 Å². The summed E-state index contributed by atoms with van der Waals surface area (Å²) in [4.78, 5) is 39.0. The van der Waals surface area contributed by atoms with E-state index < -0.39 is 76.3 Å². The number of carboxylic acids is 1. The highest BCUT2D eigenvalue weighted by Crippen LogP contribution is 2.38. The van der Waals surface area contributed by atoms with Crippen LogP contribution < -0.4 is 10.9 Å². The zero-order valence-electron chi connectivity index (χ0n) is 26.6. The minimum Gasteiger partial charge on any atom is -0.481 e. The molecular formula is C35H34F6N2O5. The SMILES string of the molecule is C#Cc1cc(-c2c(C)cc(F)cc2C)c(F)c([C@H](CC(=O)O)NC(=O)[C@@H](CC(C)C)n2cc(CC3COC3)c(C(F)(F)F)cc2=O)c1F. The lowest BCUT2D eigenvalue weighted by Gasteiger charge is -2.29. The van der Waals surface area contributed by atoms with E-state index in [9.17, 15) is 37.1 Å². The van der Waals surface area contributed by atoms with Crippen molar-refractivity contribution in [2.75, 3.05) is 13.2 Å². The maximum atomic E-state index is 16.4. The highest BCUT2D eigenvalue weighted by Gasteiger charge is 2.37. The van der Waals surface area contributed by atoms with Crippen LogP contribution in [0.15, 0.2) is 35.3 Å². The van der Waals surface area contributed by atoms with Crippen molar-refractivity contribution < 1.29 is 45.8 Å². The van der Waals surface area contributed by atoms with Gasteiger partial charge in [0.05, 0.1) is 36.8 Å². The largest absolute Gasteiger partial charge is 0.481 e. The Labute approximate surface area is 272 Å². The number of aryl methyl sites for hydroxylation is 2. The number of pyridine rings is 1. The van der Waals surface area contributed by atoms with E-state index in [1.165, 1.54) is 13.8 Å². The van der Waals surface area contributed by atoms with Crippen molar-refractivity contribution in [1.29, 1.82) is 0 Å². The van der Waals surface area contributed by atoms with Crippen LogP contribution in [0.4, 0.5) is 26.3 Å². The molecule has 256 valence electrons. The number of rotatable bonds is 11. The predicted octanol–water partition coefficient (Wildman–Crippen LogP) is 6.66. The number of nitrogens with one attached hydrogen (secondary N) is 1. The Kier molecular flexibility index (Phi) is 10.8. The fourth-order valence-corrected chi connectivity index (χ4v) is 6.02. The first kappa shape index (κ1) is 36.3. The van der Waals surface area contributed by atoms with Crippen molar-refractivity contribution in [3.8, 4) is 23.5 Å². The van der Waals surface area contributed by atoms with E-state index in [2.05, 4.69) is 11.2 Å². The Balaban J connectivity index is 1.86. The molecule has 3 aromatic rings. The average Bonchev–Trinajstić information content (AvgIpc) is 2.94. The number of aromatic nitrogens is 1. The third-order valence-electron chi connectivity index (χ3n) is 8.22. The maximum Gasteiger partial charge on any atom is 0.416 e. The van der Waals surface area contributed by atoms with Crippen LogP contribution >= 0.6 is 0 Å². The molecule has 2 N–H and O–H groups in total. The quantitative estimate of drug-likeness (QED) is 0.175. The molecule has 2 heterocycles.